The third kappa shape index (κ3) is 4.46. The molecule has 4 amide bonds. The number of carbonyl (C=O) groups excluding carboxylic acids is 3. The zero-order valence-electron chi connectivity index (χ0n) is 19.9. The van der Waals surface area contributed by atoms with Crippen molar-refractivity contribution in [3.63, 3.8) is 0 Å². The molecule has 2 saturated heterocycles. The fourth-order valence-electron chi connectivity index (χ4n) is 5.11. The van der Waals surface area contributed by atoms with Crippen LogP contribution in [0.15, 0.2) is 66.7 Å². The highest BCUT2D eigenvalue weighted by Crippen LogP contribution is 2.33. The lowest BCUT2D eigenvalue weighted by atomic mass is 9.88. The average Bonchev–Trinajstić information content (AvgIpc) is 3.06. The van der Waals surface area contributed by atoms with E-state index in [1.165, 1.54) is 25.7 Å². The first-order valence-corrected chi connectivity index (χ1v) is 12.2. The van der Waals surface area contributed by atoms with Gasteiger partial charge in [-0.15, -0.1) is 0 Å². The molecule has 7 nitrogen and oxygen atoms in total. The highest BCUT2D eigenvalue weighted by atomic mass is 16.2. The first-order chi connectivity index (χ1) is 17.0. The van der Waals surface area contributed by atoms with E-state index in [4.69, 9.17) is 0 Å². The summed E-state index contributed by atoms with van der Waals surface area (Å²) in [7, 11) is 0. The van der Waals surface area contributed by atoms with Crippen molar-refractivity contribution < 1.29 is 14.4 Å². The van der Waals surface area contributed by atoms with Gasteiger partial charge in [-0.2, -0.15) is 0 Å². The maximum absolute atomic E-state index is 13.4. The van der Waals surface area contributed by atoms with Crippen LogP contribution in [0.25, 0.3) is 10.8 Å². The summed E-state index contributed by atoms with van der Waals surface area (Å²) in [4.78, 5) is 42.2. The summed E-state index contributed by atoms with van der Waals surface area (Å²) >= 11 is 0. The highest BCUT2D eigenvalue weighted by Gasteiger charge is 2.50. The van der Waals surface area contributed by atoms with Gasteiger partial charge in [0.1, 0.15) is 12.1 Å². The molecule has 0 saturated carbocycles. The van der Waals surface area contributed by atoms with Crippen LogP contribution in [0, 0.1) is 0 Å². The van der Waals surface area contributed by atoms with Gasteiger partial charge in [-0.05, 0) is 60.4 Å². The molecule has 2 aliphatic heterocycles. The van der Waals surface area contributed by atoms with Crippen molar-refractivity contribution in [2.45, 2.75) is 38.1 Å². The predicted molar refractivity (Wildman–Crippen MR) is 137 cm³/mol. The van der Waals surface area contributed by atoms with Gasteiger partial charge in [-0.25, -0.2) is 4.79 Å². The van der Waals surface area contributed by atoms with Crippen molar-refractivity contribution in [2.75, 3.05) is 29.9 Å². The van der Waals surface area contributed by atoms with Crippen LogP contribution in [0.5, 0.6) is 0 Å². The molecule has 0 unspecified atom stereocenters. The molecule has 1 atom stereocenters. The summed E-state index contributed by atoms with van der Waals surface area (Å²) in [5.41, 5.74) is 1.25. The Hall–Kier alpha value is -3.87. The van der Waals surface area contributed by atoms with E-state index < -0.39 is 23.4 Å². The Bertz CT molecular complexity index is 1260. The van der Waals surface area contributed by atoms with E-state index >= 15 is 0 Å². The summed E-state index contributed by atoms with van der Waals surface area (Å²) in [6, 6.07) is 20.6. The number of urea groups is 1. The zero-order chi connectivity index (χ0) is 24.4. The van der Waals surface area contributed by atoms with E-state index in [9.17, 15) is 14.4 Å². The van der Waals surface area contributed by atoms with E-state index in [0.717, 1.165) is 34.4 Å². The Morgan fingerprint density at radius 3 is 2.34 bits per heavy atom. The van der Waals surface area contributed by atoms with Crippen LogP contribution in [0.2, 0.25) is 0 Å². The first kappa shape index (κ1) is 22.9. The molecule has 180 valence electrons. The van der Waals surface area contributed by atoms with Gasteiger partial charge in [0.15, 0.2) is 0 Å². The number of benzene rings is 3. The normalized spacial score (nSPS) is 20.6. The summed E-state index contributed by atoms with van der Waals surface area (Å²) in [6.07, 6.45) is 4.93. The Balaban J connectivity index is 1.27. The quantitative estimate of drug-likeness (QED) is 0.533. The Kier molecular flexibility index (Phi) is 6.16. The Morgan fingerprint density at radius 1 is 0.914 bits per heavy atom. The number of carbonyl (C=O) groups is 3. The van der Waals surface area contributed by atoms with Gasteiger partial charge in [0.25, 0.3) is 5.91 Å². The molecule has 2 fully saturated rings. The number of nitrogens with one attached hydrogen (secondary N) is 2. The number of imide groups is 1. The Labute approximate surface area is 205 Å². The number of amides is 4. The molecule has 0 aliphatic carbocycles. The molecule has 0 radical (unpaired) electrons. The maximum Gasteiger partial charge on any atom is 0.325 e. The van der Waals surface area contributed by atoms with Gasteiger partial charge in [0.2, 0.25) is 5.91 Å². The second kappa shape index (κ2) is 9.41. The van der Waals surface area contributed by atoms with Gasteiger partial charge in [-0.1, -0.05) is 55.3 Å². The number of hydrogen-bond acceptors (Lipinski definition) is 4. The summed E-state index contributed by atoms with van der Waals surface area (Å²) in [6.45, 7) is 3.44. The van der Waals surface area contributed by atoms with Gasteiger partial charge in [0.05, 0.1) is 0 Å². The molecule has 2 aliphatic rings. The lowest BCUT2D eigenvalue weighted by Gasteiger charge is -2.24. The Morgan fingerprint density at radius 2 is 1.60 bits per heavy atom. The monoisotopic (exact) mass is 470 g/mol. The second-order valence-corrected chi connectivity index (χ2v) is 9.47. The van der Waals surface area contributed by atoms with Crippen LogP contribution in [0.1, 0.15) is 38.2 Å². The van der Waals surface area contributed by atoms with Crippen LogP contribution in [0.3, 0.4) is 0 Å². The molecule has 5 rings (SSSR count). The lowest BCUT2D eigenvalue weighted by Crippen LogP contribution is -2.42. The number of rotatable bonds is 5. The third-order valence-corrected chi connectivity index (χ3v) is 7.03. The molecular formula is C28H30N4O3. The van der Waals surface area contributed by atoms with Crippen LogP contribution in [-0.2, 0) is 15.1 Å². The van der Waals surface area contributed by atoms with Crippen LogP contribution in [0.4, 0.5) is 16.2 Å². The maximum atomic E-state index is 13.4. The molecule has 35 heavy (non-hydrogen) atoms. The van der Waals surface area contributed by atoms with Crippen LogP contribution < -0.4 is 15.5 Å². The van der Waals surface area contributed by atoms with E-state index in [0.29, 0.717) is 11.3 Å². The van der Waals surface area contributed by atoms with Crippen LogP contribution >= 0.6 is 0 Å². The number of nitrogens with zero attached hydrogens (tertiary/aromatic N) is 2. The van der Waals surface area contributed by atoms with Crippen molar-refractivity contribution in [3.8, 4) is 0 Å². The second-order valence-electron chi connectivity index (χ2n) is 9.47. The smallest absolute Gasteiger partial charge is 0.325 e. The molecule has 3 aromatic carbocycles. The topological polar surface area (TPSA) is 81.8 Å². The van der Waals surface area contributed by atoms with Gasteiger partial charge in [0, 0.05) is 24.5 Å². The van der Waals surface area contributed by atoms with E-state index in [1.807, 2.05) is 66.7 Å². The van der Waals surface area contributed by atoms with Crippen molar-refractivity contribution in [1.82, 2.24) is 10.2 Å². The van der Waals surface area contributed by atoms with Crippen LogP contribution in [-0.4, -0.2) is 42.4 Å². The minimum absolute atomic E-state index is 0.348. The minimum atomic E-state index is -1.24. The predicted octanol–water partition coefficient (Wildman–Crippen LogP) is 4.63. The number of hydrogen-bond donors (Lipinski definition) is 2. The number of fused-ring (bicyclic) bond motifs is 1. The summed E-state index contributed by atoms with van der Waals surface area (Å²) in [5.74, 6) is -0.858. The molecule has 2 N–H and O–H groups in total. The van der Waals surface area contributed by atoms with Crippen molar-refractivity contribution in [2.24, 2.45) is 0 Å². The van der Waals surface area contributed by atoms with Crippen molar-refractivity contribution in [1.29, 1.82) is 0 Å². The van der Waals surface area contributed by atoms with Gasteiger partial charge < -0.3 is 15.5 Å². The van der Waals surface area contributed by atoms with E-state index in [2.05, 4.69) is 15.5 Å². The molecule has 2 heterocycles. The fraction of sp³-hybridized carbons (Fsp3) is 0.321. The standard InChI is InChI=1S/C28H30N4O3/c1-28(24-12-8-10-20-9-4-5-11-23(20)24)26(34)32(27(35)30-28)19-25(33)29-21-13-15-22(16-14-21)31-17-6-2-3-7-18-31/h4-5,8-16H,2-3,6-7,17-19H2,1H3,(H,29,33)(H,30,35)/t28-/m0/s1. The molecule has 3 aromatic rings. The lowest BCUT2D eigenvalue weighted by molar-refractivity contribution is -0.133. The molecular weight excluding hydrogens is 440 g/mol. The zero-order valence-corrected chi connectivity index (χ0v) is 19.9. The minimum Gasteiger partial charge on any atom is -0.372 e. The van der Waals surface area contributed by atoms with E-state index in [1.54, 1.807) is 6.92 Å². The molecule has 7 heteroatoms. The average molecular weight is 471 g/mol. The van der Waals surface area contributed by atoms with Gasteiger partial charge >= 0.3 is 6.03 Å². The SMILES string of the molecule is C[C@@]1(c2cccc3ccccc23)NC(=O)N(CC(=O)Nc2ccc(N3CCCCCC3)cc2)C1=O. The molecule has 0 bridgehead atoms. The molecule has 0 spiro atoms. The summed E-state index contributed by atoms with van der Waals surface area (Å²) in [5, 5.41) is 7.50. The van der Waals surface area contributed by atoms with Gasteiger partial charge in [-0.3, -0.25) is 14.5 Å². The largest absolute Gasteiger partial charge is 0.372 e. The fourth-order valence-corrected chi connectivity index (χ4v) is 5.11. The highest BCUT2D eigenvalue weighted by molar-refractivity contribution is 6.11. The molecule has 0 aromatic heterocycles. The van der Waals surface area contributed by atoms with E-state index in [-0.39, 0.29) is 6.54 Å². The summed E-state index contributed by atoms with van der Waals surface area (Å²) < 4.78 is 0. The van der Waals surface area contributed by atoms with Crippen molar-refractivity contribution in [3.05, 3.63) is 72.3 Å². The first-order valence-electron chi connectivity index (χ1n) is 12.2. The third-order valence-electron chi connectivity index (χ3n) is 7.03. The van der Waals surface area contributed by atoms with Crippen molar-refractivity contribution >= 4 is 40.0 Å². The number of anilines is 2.